The molecule has 1 aliphatic heterocycles. The number of carboxylic acid groups (broad SMARTS) is 1. The first-order chi connectivity index (χ1) is 8.50. The topological polar surface area (TPSA) is 57.6 Å². The van der Waals surface area contributed by atoms with Gasteiger partial charge < -0.3 is 10.0 Å². The molecule has 18 heavy (non-hydrogen) atoms. The molecule has 1 amide bonds. The maximum atomic E-state index is 12.3. The van der Waals surface area contributed by atoms with Gasteiger partial charge in [-0.1, -0.05) is 20.3 Å². The molecule has 0 aromatic heterocycles. The van der Waals surface area contributed by atoms with Gasteiger partial charge >= 0.3 is 5.97 Å². The lowest BCUT2D eigenvalue weighted by Crippen LogP contribution is -2.47. The molecule has 1 saturated heterocycles. The largest absolute Gasteiger partial charge is 0.480 e. The van der Waals surface area contributed by atoms with Crippen molar-refractivity contribution in [3.05, 3.63) is 0 Å². The number of thioether (sulfide) groups is 1. The number of hydrogen-bond donors (Lipinski definition) is 1. The van der Waals surface area contributed by atoms with Crippen LogP contribution in [0.1, 0.15) is 39.5 Å². The van der Waals surface area contributed by atoms with Gasteiger partial charge in [0, 0.05) is 12.2 Å². The molecule has 0 bridgehead atoms. The van der Waals surface area contributed by atoms with Crippen molar-refractivity contribution in [2.24, 2.45) is 11.8 Å². The van der Waals surface area contributed by atoms with E-state index in [1.807, 2.05) is 13.8 Å². The Labute approximate surface area is 112 Å². The summed E-state index contributed by atoms with van der Waals surface area (Å²) in [6, 6.07) is -0.630. The molecule has 2 rings (SSSR count). The van der Waals surface area contributed by atoms with E-state index in [4.69, 9.17) is 0 Å². The van der Waals surface area contributed by atoms with Crippen LogP contribution < -0.4 is 0 Å². The quantitative estimate of drug-likeness (QED) is 0.851. The Bertz CT molecular complexity index is 341. The minimum Gasteiger partial charge on any atom is -0.480 e. The maximum absolute atomic E-state index is 12.3. The number of aliphatic carboxylic acids is 1. The summed E-state index contributed by atoms with van der Waals surface area (Å²) >= 11 is 1.60. The zero-order chi connectivity index (χ0) is 13.3. The van der Waals surface area contributed by atoms with E-state index in [0.717, 1.165) is 12.8 Å². The van der Waals surface area contributed by atoms with E-state index in [0.29, 0.717) is 24.0 Å². The van der Waals surface area contributed by atoms with Gasteiger partial charge in [-0.25, -0.2) is 4.79 Å². The number of carbonyl (C=O) groups excluding carboxylic acids is 1. The average Bonchev–Trinajstić information content (AvgIpc) is 2.67. The molecule has 0 aromatic carbocycles. The Morgan fingerprint density at radius 1 is 1.39 bits per heavy atom. The second kappa shape index (κ2) is 5.51. The van der Waals surface area contributed by atoms with Crippen LogP contribution in [0.25, 0.3) is 0 Å². The smallest absolute Gasteiger partial charge is 0.327 e. The van der Waals surface area contributed by atoms with Crippen molar-refractivity contribution in [1.82, 2.24) is 4.90 Å². The number of nitrogens with zero attached hydrogens (tertiary/aromatic N) is 1. The van der Waals surface area contributed by atoms with Crippen molar-refractivity contribution < 1.29 is 14.7 Å². The molecule has 1 heterocycles. The van der Waals surface area contributed by atoms with Crippen molar-refractivity contribution in [1.29, 1.82) is 0 Å². The Hall–Kier alpha value is -0.710. The highest BCUT2D eigenvalue weighted by molar-refractivity contribution is 8.00. The Kier molecular flexibility index (Phi) is 4.20. The van der Waals surface area contributed by atoms with Crippen molar-refractivity contribution in [3.63, 3.8) is 0 Å². The van der Waals surface area contributed by atoms with E-state index in [1.54, 1.807) is 16.7 Å². The van der Waals surface area contributed by atoms with E-state index in [9.17, 15) is 14.7 Å². The highest BCUT2D eigenvalue weighted by atomic mass is 32.2. The summed E-state index contributed by atoms with van der Waals surface area (Å²) in [7, 11) is 0. The zero-order valence-corrected chi connectivity index (χ0v) is 11.8. The normalized spacial score (nSPS) is 28.5. The minimum absolute atomic E-state index is 0.0266. The third kappa shape index (κ3) is 2.66. The first-order valence-electron chi connectivity index (χ1n) is 6.66. The lowest BCUT2D eigenvalue weighted by molar-refractivity contribution is -0.150. The van der Waals surface area contributed by atoms with Gasteiger partial charge in [-0.3, -0.25) is 4.79 Å². The highest BCUT2D eigenvalue weighted by Crippen LogP contribution is 2.37. The molecule has 5 heteroatoms. The SMILES string of the molecule is CC(C)C1SCC(C(=O)O)N1C(=O)CC1CCC1. The Morgan fingerprint density at radius 3 is 2.50 bits per heavy atom. The van der Waals surface area contributed by atoms with E-state index in [1.165, 1.54) is 6.42 Å². The molecule has 2 unspecified atom stereocenters. The predicted molar refractivity (Wildman–Crippen MR) is 71.3 cm³/mol. The molecule has 2 fully saturated rings. The predicted octanol–water partition coefficient (Wildman–Crippen LogP) is 2.19. The van der Waals surface area contributed by atoms with Crippen LogP contribution in [0.15, 0.2) is 0 Å². The molecule has 1 N–H and O–H groups in total. The van der Waals surface area contributed by atoms with E-state index in [2.05, 4.69) is 0 Å². The van der Waals surface area contributed by atoms with Gasteiger partial charge in [-0.15, -0.1) is 11.8 Å². The van der Waals surface area contributed by atoms with Crippen LogP contribution in [0.5, 0.6) is 0 Å². The Balaban J connectivity index is 2.06. The van der Waals surface area contributed by atoms with Crippen molar-refractivity contribution in [2.45, 2.75) is 50.9 Å². The van der Waals surface area contributed by atoms with Crippen LogP contribution in [0.4, 0.5) is 0 Å². The zero-order valence-electron chi connectivity index (χ0n) is 11.0. The van der Waals surface area contributed by atoms with Gasteiger partial charge in [0.2, 0.25) is 5.91 Å². The molecule has 1 saturated carbocycles. The van der Waals surface area contributed by atoms with E-state index >= 15 is 0 Å². The van der Waals surface area contributed by atoms with Crippen LogP contribution in [0.2, 0.25) is 0 Å². The lowest BCUT2D eigenvalue weighted by Gasteiger charge is -2.33. The number of carbonyl (C=O) groups is 2. The number of hydrogen-bond acceptors (Lipinski definition) is 3. The van der Waals surface area contributed by atoms with E-state index in [-0.39, 0.29) is 11.3 Å². The molecule has 0 radical (unpaired) electrons. The van der Waals surface area contributed by atoms with Crippen LogP contribution in [0.3, 0.4) is 0 Å². The molecular weight excluding hydrogens is 250 g/mol. The first kappa shape index (κ1) is 13.7. The number of rotatable bonds is 4. The fourth-order valence-corrected chi connectivity index (χ4v) is 4.09. The highest BCUT2D eigenvalue weighted by Gasteiger charge is 2.43. The summed E-state index contributed by atoms with van der Waals surface area (Å²) in [5.41, 5.74) is 0. The van der Waals surface area contributed by atoms with Crippen LogP contribution in [0, 0.1) is 11.8 Å². The molecule has 1 aliphatic carbocycles. The number of amides is 1. The van der Waals surface area contributed by atoms with Gasteiger partial charge in [0.15, 0.2) is 0 Å². The lowest BCUT2D eigenvalue weighted by atomic mass is 9.82. The maximum Gasteiger partial charge on any atom is 0.327 e. The van der Waals surface area contributed by atoms with Crippen molar-refractivity contribution in [2.75, 3.05) is 5.75 Å². The fourth-order valence-electron chi connectivity index (χ4n) is 2.60. The average molecular weight is 271 g/mol. The standard InChI is InChI=1S/C13H21NO3S/c1-8(2)12-14(10(7-18-12)13(16)17)11(15)6-9-4-3-5-9/h8-10,12H,3-7H2,1-2H3,(H,16,17). The summed E-state index contributed by atoms with van der Waals surface area (Å²) in [4.78, 5) is 25.2. The summed E-state index contributed by atoms with van der Waals surface area (Å²) < 4.78 is 0. The molecule has 102 valence electrons. The van der Waals surface area contributed by atoms with Crippen molar-refractivity contribution in [3.8, 4) is 0 Å². The van der Waals surface area contributed by atoms with Crippen LogP contribution in [-0.2, 0) is 9.59 Å². The molecular formula is C13H21NO3S. The molecule has 2 atom stereocenters. The van der Waals surface area contributed by atoms with Gasteiger partial charge in [0.1, 0.15) is 6.04 Å². The second-order valence-electron chi connectivity index (χ2n) is 5.62. The first-order valence-corrected chi connectivity index (χ1v) is 7.71. The van der Waals surface area contributed by atoms with Crippen molar-refractivity contribution >= 4 is 23.6 Å². The number of carboxylic acids is 1. The van der Waals surface area contributed by atoms with E-state index < -0.39 is 12.0 Å². The molecule has 0 aromatic rings. The molecule has 2 aliphatic rings. The summed E-state index contributed by atoms with van der Waals surface area (Å²) in [5.74, 6) is 0.479. The third-order valence-corrected chi connectivity index (χ3v) is 5.49. The third-order valence-electron chi connectivity index (χ3n) is 3.87. The second-order valence-corrected chi connectivity index (χ2v) is 6.77. The van der Waals surface area contributed by atoms with Gasteiger partial charge in [-0.2, -0.15) is 0 Å². The molecule has 0 spiro atoms. The monoisotopic (exact) mass is 271 g/mol. The van der Waals surface area contributed by atoms with Gasteiger partial charge in [-0.05, 0) is 24.7 Å². The molecule has 4 nitrogen and oxygen atoms in total. The summed E-state index contributed by atoms with van der Waals surface area (Å²) in [5, 5.41) is 9.26. The summed E-state index contributed by atoms with van der Waals surface area (Å²) in [6.07, 6.45) is 3.99. The van der Waals surface area contributed by atoms with Gasteiger partial charge in [0.25, 0.3) is 0 Å². The van der Waals surface area contributed by atoms with Crippen LogP contribution >= 0.6 is 11.8 Å². The Morgan fingerprint density at radius 2 is 2.06 bits per heavy atom. The van der Waals surface area contributed by atoms with Crippen LogP contribution in [-0.4, -0.2) is 39.1 Å². The minimum atomic E-state index is -0.868. The summed E-state index contributed by atoms with van der Waals surface area (Å²) in [6.45, 7) is 4.09. The fraction of sp³-hybridized carbons (Fsp3) is 0.846. The van der Waals surface area contributed by atoms with Gasteiger partial charge in [0.05, 0.1) is 5.37 Å².